The highest BCUT2D eigenvalue weighted by Crippen LogP contribution is 2.33. The first-order valence-electron chi connectivity index (χ1n) is 12.4. The Morgan fingerprint density at radius 3 is 2.39 bits per heavy atom. The maximum Gasteiger partial charge on any atom is 0.227 e. The summed E-state index contributed by atoms with van der Waals surface area (Å²) in [6.45, 7) is 0. The van der Waals surface area contributed by atoms with E-state index in [4.69, 9.17) is 9.40 Å². The molecule has 0 saturated heterocycles. The van der Waals surface area contributed by atoms with Crippen LogP contribution in [0.25, 0.3) is 72.2 Å². The zero-order valence-electron chi connectivity index (χ0n) is 20.1. The Morgan fingerprint density at radius 1 is 0.579 bits per heavy atom. The van der Waals surface area contributed by atoms with Gasteiger partial charge in [-0.25, -0.2) is 9.97 Å². The topological polar surface area (TPSA) is 69.6 Å². The Labute approximate surface area is 216 Å². The van der Waals surface area contributed by atoms with Crippen LogP contribution in [0.2, 0.25) is 0 Å². The molecule has 8 aromatic rings. The second kappa shape index (κ2) is 8.08. The third-order valence-electron chi connectivity index (χ3n) is 7.02. The van der Waals surface area contributed by atoms with E-state index in [1.54, 1.807) is 0 Å². The molecule has 0 N–H and O–H groups in total. The van der Waals surface area contributed by atoms with Crippen molar-refractivity contribution < 1.29 is 4.42 Å². The summed E-state index contributed by atoms with van der Waals surface area (Å²) in [6, 6.07) is 30.6. The lowest BCUT2D eigenvalue weighted by Gasteiger charge is -2.10. The van der Waals surface area contributed by atoms with Crippen LogP contribution < -0.4 is 0 Å². The molecule has 6 nitrogen and oxygen atoms in total. The fraction of sp³-hybridized carbons (Fsp3) is 0. The minimum atomic E-state index is 0.627. The van der Waals surface area contributed by atoms with E-state index >= 15 is 0 Å². The molecule has 38 heavy (non-hydrogen) atoms. The summed E-state index contributed by atoms with van der Waals surface area (Å²) >= 11 is 0. The predicted molar refractivity (Wildman–Crippen MR) is 150 cm³/mol. The lowest BCUT2D eigenvalue weighted by molar-refractivity contribution is 0.654. The summed E-state index contributed by atoms with van der Waals surface area (Å²) in [4.78, 5) is 18.6. The van der Waals surface area contributed by atoms with E-state index in [2.05, 4.69) is 68.0 Å². The van der Waals surface area contributed by atoms with Crippen molar-refractivity contribution in [3.05, 3.63) is 116 Å². The molecule has 0 saturated carbocycles. The van der Waals surface area contributed by atoms with Crippen LogP contribution in [0.1, 0.15) is 0 Å². The van der Waals surface area contributed by atoms with Crippen LogP contribution >= 0.6 is 0 Å². The highest BCUT2D eigenvalue weighted by molar-refractivity contribution is 6.09. The Balaban J connectivity index is 1.25. The van der Waals surface area contributed by atoms with Gasteiger partial charge in [0.2, 0.25) is 5.71 Å². The molecule has 8 rings (SSSR count). The van der Waals surface area contributed by atoms with Gasteiger partial charge in [0.1, 0.15) is 5.58 Å². The average molecular weight is 490 g/mol. The molecule has 6 heterocycles. The molecule has 0 aliphatic rings. The first-order valence-corrected chi connectivity index (χ1v) is 12.4. The number of hydrogen-bond donors (Lipinski definition) is 0. The largest absolute Gasteiger partial charge is 0.438 e. The van der Waals surface area contributed by atoms with Gasteiger partial charge in [-0.1, -0.05) is 42.5 Å². The van der Waals surface area contributed by atoms with Crippen molar-refractivity contribution in [2.75, 3.05) is 0 Å². The van der Waals surface area contributed by atoms with Gasteiger partial charge in [-0.15, -0.1) is 0 Å². The van der Waals surface area contributed by atoms with Crippen LogP contribution in [-0.2, 0) is 0 Å². The molecule has 6 aromatic heterocycles. The van der Waals surface area contributed by atoms with Crippen LogP contribution in [0.15, 0.2) is 120 Å². The second-order valence-electron chi connectivity index (χ2n) is 9.23. The molecule has 0 atom stereocenters. The molecule has 0 unspecified atom stereocenters. The van der Waals surface area contributed by atoms with Crippen molar-refractivity contribution in [2.45, 2.75) is 0 Å². The van der Waals surface area contributed by atoms with Crippen molar-refractivity contribution in [3.63, 3.8) is 0 Å². The second-order valence-corrected chi connectivity index (χ2v) is 9.23. The lowest BCUT2D eigenvalue weighted by atomic mass is 10.1. The van der Waals surface area contributed by atoms with Crippen molar-refractivity contribution in [2.24, 2.45) is 0 Å². The summed E-state index contributed by atoms with van der Waals surface area (Å²) in [5.74, 6) is 0. The zero-order valence-corrected chi connectivity index (χ0v) is 20.1. The van der Waals surface area contributed by atoms with Crippen molar-refractivity contribution in [1.29, 1.82) is 0 Å². The minimum absolute atomic E-state index is 0.627. The van der Waals surface area contributed by atoms with Crippen molar-refractivity contribution in [3.8, 4) is 28.3 Å². The maximum absolute atomic E-state index is 5.90. The Kier molecular flexibility index (Phi) is 4.42. The predicted octanol–water partition coefficient (Wildman–Crippen LogP) is 7.60. The first kappa shape index (κ1) is 20.8. The van der Waals surface area contributed by atoms with Crippen LogP contribution in [0.4, 0.5) is 0 Å². The number of aromatic nitrogens is 5. The van der Waals surface area contributed by atoms with Gasteiger partial charge < -0.3 is 8.98 Å². The van der Waals surface area contributed by atoms with Crippen LogP contribution in [0, 0.1) is 0 Å². The number of pyridine rings is 4. The number of rotatable bonds is 3. The van der Waals surface area contributed by atoms with E-state index in [0.717, 1.165) is 61.1 Å². The van der Waals surface area contributed by atoms with E-state index in [0.29, 0.717) is 5.71 Å². The lowest BCUT2D eigenvalue weighted by Crippen LogP contribution is -1.97. The molecular formula is C32H19N5O. The standard InChI is InChI=1S/C32H19N5O/c1-3-10-29-22(6-1)25-19-33-14-13-30(25)37(29)21-12-15-34-28(17-21)27-9-5-8-26(36-27)20-16-24-23-7-2-4-11-31(23)38-32(24)35-18-20/h1-19H. The van der Waals surface area contributed by atoms with E-state index in [1.807, 2.05) is 67.3 Å². The third kappa shape index (κ3) is 3.14. The highest BCUT2D eigenvalue weighted by Gasteiger charge is 2.14. The minimum Gasteiger partial charge on any atom is -0.438 e. The van der Waals surface area contributed by atoms with Crippen LogP contribution in [0.3, 0.4) is 0 Å². The molecular weight excluding hydrogens is 470 g/mol. The zero-order chi connectivity index (χ0) is 25.1. The SMILES string of the molecule is c1cc(-c2cnc3oc4ccccc4c3c2)nc(-c2cc(-n3c4ccccc4c4cnccc43)ccn2)c1. The monoisotopic (exact) mass is 489 g/mol. The van der Waals surface area contributed by atoms with Gasteiger partial charge in [0.05, 0.1) is 28.1 Å². The third-order valence-corrected chi connectivity index (χ3v) is 7.02. The molecule has 0 amide bonds. The van der Waals surface area contributed by atoms with Gasteiger partial charge in [-0.05, 0) is 48.5 Å². The Bertz CT molecular complexity index is 2100. The van der Waals surface area contributed by atoms with Crippen LogP contribution in [-0.4, -0.2) is 24.5 Å². The maximum atomic E-state index is 5.90. The molecule has 0 bridgehead atoms. The normalized spacial score (nSPS) is 11.7. The Morgan fingerprint density at radius 2 is 1.42 bits per heavy atom. The fourth-order valence-corrected chi connectivity index (χ4v) is 5.28. The van der Waals surface area contributed by atoms with Crippen molar-refractivity contribution in [1.82, 2.24) is 24.5 Å². The van der Waals surface area contributed by atoms with E-state index in [-0.39, 0.29) is 0 Å². The van der Waals surface area contributed by atoms with Gasteiger partial charge in [-0.2, -0.15) is 0 Å². The number of furan rings is 1. The number of fused-ring (bicyclic) bond motifs is 6. The summed E-state index contributed by atoms with van der Waals surface area (Å²) in [6.07, 6.45) is 7.41. The van der Waals surface area contributed by atoms with Crippen LogP contribution in [0.5, 0.6) is 0 Å². The molecule has 0 fully saturated rings. The molecule has 0 aliphatic heterocycles. The average Bonchev–Trinajstić information content (AvgIpc) is 3.53. The van der Waals surface area contributed by atoms with Crippen molar-refractivity contribution >= 4 is 43.9 Å². The quantitative estimate of drug-likeness (QED) is 0.256. The summed E-state index contributed by atoms with van der Waals surface area (Å²) < 4.78 is 8.15. The van der Waals surface area contributed by atoms with Gasteiger partial charge in [0, 0.05) is 57.6 Å². The van der Waals surface area contributed by atoms with E-state index in [9.17, 15) is 0 Å². The Hall–Kier alpha value is -5.36. The number of hydrogen-bond acceptors (Lipinski definition) is 5. The van der Waals surface area contributed by atoms with Gasteiger partial charge >= 0.3 is 0 Å². The van der Waals surface area contributed by atoms with E-state index in [1.165, 1.54) is 5.39 Å². The fourth-order valence-electron chi connectivity index (χ4n) is 5.28. The number of nitrogens with zero attached hydrogens (tertiary/aromatic N) is 5. The van der Waals surface area contributed by atoms with E-state index < -0.39 is 0 Å². The molecule has 0 radical (unpaired) electrons. The number of benzene rings is 2. The molecule has 0 aliphatic carbocycles. The molecule has 178 valence electrons. The molecule has 2 aromatic carbocycles. The summed E-state index contributed by atoms with van der Waals surface area (Å²) in [5.41, 5.74) is 8.06. The van der Waals surface area contributed by atoms with Gasteiger partial charge in [0.25, 0.3) is 0 Å². The first-order chi connectivity index (χ1) is 18.8. The molecule has 0 spiro atoms. The number of para-hydroxylation sites is 2. The smallest absolute Gasteiger partial charge is 0.227 e. The van der Waals surface area contributed by atoms with Gasteiger partial charge in [-0.3, -0.25) is 9.97 Å². The summed E-state index contributed by atoms with van der Waals surface area (Å²) in [5, 5.41) is 4.31. The van der Waals surface area contributed by atoms with Gasteiger partial charge in [0.15, 0.2) is 0 Å². The summed E-state index contributed by atoms with van der Waals surface area (Å²) in [7, 11) is 0. The highest BCUT2D eigenvalue weighted by atomic mass is 16.3. The molecule has 6 heteroatoms.